The van der Waals surface area contributed by atoms with Gasteiger partial charge in [-0.3, -0.25) is 9.48 Å². The maximum absolute atomic E-state index is 14.2. The van der Waals surface area contributed by atoms with Crippen LogP contribution in [0.5, 0.6) is 5.75 Å². The van der Waals surface area contributed by atoms with E-state index in [1.165, 1.54) is 6.07 Å². The molecule has 0 saturated heterocycles. The topological polar surface area (TPSA) is 69.3 Å². The molecule has 1 N–H and O–H groups in total. The number of ether oxygens (including phenoxy) is 1. The summed E-state index contributed by atoms with van der Waals surface area (Å²) >= 11 is 6.14. The molecule has 2 heterocycles. The minimum atomic E-state index is -0.410. The van der Waals surface area contributed by atoms with Crippen molar-refractivity contribution in [2.75, 3.05) is 5.32 Å². The molecule has 0 aliphatic heterocycles. The number of aromatic nitrogens is 2. The van der Waals surface area contributed by atoms with Crippen LogP contribution in [0.2, 0.25) is 5.02 Å². The maximum atomic E-state index is 14.2. The number of hydrogen-bond acceptors (Lipinski definition) is 4. The molecule has 6 nitrogen and oxygen atoms in total. The number of nitrogens with one attached hydrogen (secondary N) is 1. The lowest BCUT2D eigenvalue weighted by Gasteiger charge is -2.09. The fourth-order valence-corrected chi connectivity index (χ4v) is 3.71. The number of halogens is 2. The molecule has 170 valence electrons. The molecule has 2 aromatic heterocycles. The molecule has 4 rings (SSSR count). The molecule has 0 aliphatic carbocycles. The molecule has 1 amide bonds. The first-order valence-corrected chi connectivity index (χ1v) is 10.8. The summed E-state index contributed by atoms with van der Waals surface area (Å²) in [6.07, 6.45) is 0. The normalized spacial score (nSPS) is 10.9. The standard InChI is InChI=1S/C25H23ClFN3O3/c1-15-7-4-5-10-22(15)32-14-18-11-12-23(33-18)25(31)28-24-16(2)29-30(17(24)3)13-19-20(26)8-6-9-21(19)27/h4-12H,13-14H2,1-3H3,(H,28,31). The van der Waals surface area contributed by atoms with Gasteiger partial charge in [-0.2, -0.15) is 5.10 Å². The Bertz CT molecular complexity index is 1290. The average Bonchev–Trinajstić information content (AvgIpc) is 3.36. The number of benzene rings is 2. The fourth-order valence-electron chi connectivity index (χ4n) is 3.48. The van der Waals surface area contributed by atoms with E-state index in [0.29, 0.717) is 33.4 Å². The first-order chi connectivity index (χ1) is 15.8. The Kier molecular flexibility index (Phi) is 6.51. The molecule has 0 spiro atoms. The summed E-state index contributed by atoms with van der Waals surface area (Å²) in [5, 5.41) is 7.60. The van der Waals surface area contributed by atoms with Crippen molar-refractivity contribution < 1.29 is 18.3 Å². The van der Waals surface area contributed by atoms with Crippen molar-refractivity contribution in [2.24, 2.45) is 0 Å². The van der Waals surface area contributed by atoms with E-state index in [-0.39, 0.29) is 18.9 Å². The average molecular weight is 468 g/mol. The second kappa shape index (κ2) is 9.50. The largest absolute Gasteiger partial charge is 0.485 e. The molecule has 4 aromatic rings. The molecule has 0 unspecified atom stereocenters. The Morgan fingerprint density at radius 1 is 1.12 bits per heavy atom. The van der Waals surface area contributed by atoms with Gasteiger partial charge in [0.2, 0.25) is 0 Å². The van der Waals surface area contributed by atoms with Gasteiger partial charge in [-0.25, -0.2) is 4.39 Å². The Morgan fingerprint density at radius 3 is 2.67 bits per heavy atom. The molecule has 0 atom stereocenters. The maximum Gasteiger partial charge on any atom is 0.291 e. The second-order valence-electron chi connectivity index (χ2n) is 7.68. The molecular weight excluding hydrogens is 445 g/mol. The van der Waals surface area contributed by atoms with Crippen molar-refractivity contribution >= 4 is 23.2 Å². The van der Waals surface area contributed by atoms with Crippen molar-refractivity contribution in [2.45, 2.75) is 33.9 Å². The highest BCUT2D eigenvalue weighted by atomic mass is 35.5. The molecule has 0 radical (unpaired) electrons. The number of para-hydroxylation sites is 1. The van der Waals surface area contributed by atoms with Crippen LogP contribution in [0.1, 0.15) is 38.8 Å². The van der Waals surface area contributed by atoms with Gasteiger partial charge in [0.25, 0.3) is 5.91 Å². The first-order valence-electron chi connectivity index (χ1n) is 10.4. The van der Waals surface area contributed by atoms with Crippen LogP contribution in [-0.4, -0.2) is 15.7 Å². The fraction of sp³-hybridized carbons (Fsp3) is 0.200. The van der Waals surface area contributed by atoms with E-state index in [4.69, 9.17) is 20.8 Å². The third-order valence-corrected chi connectivity index (χ3v) is 5.69. The lowest BCUT2D eigenvalue weighted by Crippen LogP contribution is -2.13. The van der Waals surface area contributed by atoms with Crippen LogP contribution in [0, 0.1) is 26.6 Å². The van der Waals surface area contributed by atoms with Gasteiger partial charge in [-0.15, -0.1) is 0 Å². The van der Waals surface area contributed by atoms with Crippen LogP contribution in [0.25, 0.3) is 0 Å². The highest BCUT2D eigenvalue weighted by molar-refractivity contribution is 6.31. The summed E-state index contributed by atoms with van der Waals surface area (Å²) in [4.78, 5) is 12.8. The van der Waals surface area contributed by atoms with Crippen LogP contribution >= 0.6 is 11.6 Å². The van der Waals surface area contributed by atoms with Crippen molar-refractivity contribution in [1.29, 1.82) is 0 Å². The van der Waals surface area contributed by atoms with Crippen LogP contribution in [0.3, 0.4) is 0 Å². The van der Waals surface area contributed by atoms with Gasteiger partial charge in [0, 0.05) is 10.6 Å². The van der Waals surface area contributed by atoms with E-state index in [2.05, 4.69) is 10.4 Å². The zero-order valence-electron chi connectivity index (χ0n) is 18.5. The summed E-state index contributed by atoms with van der Waals surface area (Å²) in [6, 6.07) is 15.5. The van der Waals surface area contributed by atoms with Gasteiger partial charge >= 0.3 is 0 Å². The Morgan fingerprint density at radius 2 is 1.91 bits per heavy atom. The lowest BCUT2D eigenvalue weighted by molar-refractivity contribution is 0.0992. The summed E-state index contributed by atoms with van der Waals surface area (Å²) in [7, 11) is 0. The lowest BCUT2D eigenvalue weighted by atomic mass is 10.2. The number of hydrogen-bond donors (Lipinski definition) is 1. The smallest absolute Gasteiger partial charge is 0.291 e. The van der Waals surface area contributed by atoms with E-state index < -0.39 is 11.7 Å². The predicted molar refractivity (Wildman–Crippen MR) is 124 cm³/mol. The van der Waals surface area contributed by atoms with Crippen LogP contribution in [0.15, 0.2) is 59.0 Å². The minimum absolute atomic E-state index is 0.148. The van der Waals surface area contributed by atoms with Crippen LogP contribution < -0.4 is 10.1 Å². The second-order valence-corrected chi connectivity index (χ2v) is 8.09. The van der Waals surface area contributed by atoms with Crippen molar-refractivity contribution in [3.63, 3.8) is 0 Å². The van der Waals surface area contributed by atoms with E-state index in [1.54, 1.807) is 42.8 Å². The molecule has 0 saturated carbocycles. The Hall–Kier alpha value is -3.58. The minimum Gasteiger partial charge on any atom is -0.485 e. The number of carbonyl (C=O) groups is 1. The zero-order valence-corrected chi connectivity index (χ0v) is 19.2. The molecule has 2 aromatic carbocycles. The van der Waals surface area contributed by atoms with Gasteiger partial charge in [0.15, 0.2) is 5.76 Å². The highest BCUT2D eigenvalue weighted by Crippen LogP contribution is 2.25. The summed E-state index contributed by atoms with van der Waals surface area (Å²) < 4.78 is 27.2. The van der Waals surface area contributed by atoms with Crippen molar-refractivity contribution in [3.8, 4) is 5.75 Å². The monoisotopic (exact) mass is 467 g/mol. The summed E-state index contributed by atoms with van der Waals surface area (Å²) in [5.74, 6) is 0.626. The third-order valence-electron chi connectivity index (χ3n) is 5.34. The number of amides is 1. The number of nitrogens with zero attached hydrogens (tertiary/aromatic N) is 2. The van der Waals surface area contributed by atoms with Crippen molar-refractivity contribution in [3.05, 3.63) is 99.5 Å². The number of carbonyl (C=O) groups excluding carboxylic acids is 1. The third kappa shape index (κ3) is 4.93. The molecular formula is C25H23ClFN3O3. The number of rotatable bonds is 7. The highest BCUT2D eigenvalue weighted by Gasteiger charge is 2.19. The summed E-state index contributed by atoms with van der Waals surface area (Å²) in [6.45, 7) is 5.88. The molecule has 8 heteroatoms. The summed E-state index contributed by atoms with van der Waals surface area (Å²) in [5.41, 5.74) is 3.17. The van der Waals surface area contributed by atoms with E-state index >= 15 is 0 Å². The Labute approximate surface area is 195 Å². The van der Waals surface area contributed by atoms with Crippen LogP contribution in [-0.2, 0) is 13.2 Å². The quantitative estimate of drug-likeness (QED) is 0.358. The zero-order chi connectivity index (χ0) is 23.5. The SMILES string of the molecule is Cc1ccccc1OCc1ccc(C(=O)Nc2c(C)nn(Cc3c(F)cccc3Cl)c2C)o1. The van der Waals surface area contributed by atoms with E-state index in [0.717, 1.165) is 11.3 Å². The number of aryl methyl sites for hydroxylation is 2. The van der Waals surface area contributed by atoms with Crippen LogP contribution in [0.4, 0.5) is 10.1 Å². The van der Waals surface area contributed by atoms with Gasteiger partial charge < -0.3 is 14.5 Å². The van der Waals surface area contributed by atoms with E-state index in [9.17, 15) is 9.18 Å². The molecule has 0 fully saturated rings. The predicted octanol–water partition coefficient (Wildman–Crippen LogP) is 6.07. The van der Waals surface area contributed by atoms with Crippen molar-refractivity contribution in [1.82, 2.24) is 9.78 Å². The molecule has 0 aliphatic rings. The first kappa shape index (κ1) is 22.6. The van der Waals surface area contributed by atoms with Gasteiger partial charge in [0.1, 0.15) is 23.9 Å². The Balaban J connectivity index is 1.45. The number of furan rings is 1. The number of anilines is 1. The molecule has 33 heavy (non-hydrogen) atoms. The van der Waals surface area contributed by atoms with Gasteiger partial charge in [0.05, 0.1) is 23.6 Å². The van der Waals surface area contributed by atoms with E-state index in [1.807, 2.05) is 31.2 Å². The van der Waals surface area contributed by atoms with Gasteiger partial charge in [-0.05, 0) is 56.7 Å². The molecule has 0 bridgehead atoms. The van der Waals surface area contributed by atoms with Gasteiger partial charge in [-0.1, -0.05) is 35.9 Å².